The molecular formula is C17H20N2O5S. The summed E-state index contributed by atoms with van der Waals surface area (Å²) < 4.78 is 28.5. The van der Waals surface area contributed by atoms with Crippen LogP contribution in [0.4, 0.5) is 0 Å². The molecule has 8 heteroatoms. The zero-order valence-corrected chi connectivity index (χ0v) is 14.7. The molecule has 3 rings (SSSR count). The largest absolute Gasteiger partial charge is 0.451 e. The summed E-state index contributed by atoms with van der Waals surface area (Å²) in [4.78, 5) is 26.1. The van der Waals surface area contributed by atoms with Crippen LogP contribution in [0.15, 0.2) is 34.7 Å². The van der Waals surface area contributed by atoms with Crippen molar-refractivity contribution in [3.05, 3.63) is 36.1 Å². The van der Waals surface area contributed by atoms with Gasteiger partial charge in [0.2, 0.25) is 5.91 Å². The van der Waals surface area contributed by atoms with Crippen LogP contribution < -0.4 is 5.32 Å². The number of sulfone groups is 1. The van der Waals surface area contributed by atoms with E-state index in [1.54, 1.807) is 19.1 Å². The number of para-hydroxylation sites is 1. The lowest BCUT2D eigenvalue weighted by Gasteiger charge is -2.20. The second-order valence-corrected chi connectivity index (χ2v) is 8.36. The first-order chi connectivity index (χ1) is 11.9. The topological polar surface area (TPSA) is 96.7 Å². The smallest absolute Gasteiger partial charge is 0.290 e. The standard InChI is InChI=1S/C17H20N2O5S/c1-2-19(10-16(20)18-13-7-8-25(22,23)11-13)17(21)15-9-12-5-3-4-6-14(12)24-15/h3-6,9,13H,2,7-8,10-11H2,1H3,(H,18,20)/t13-/m0/s1. The molecule has 2 heterocycles. The first-order valence-corrected chi connectivity index (χ1v) is 9.98. The fraction of sp³-hybridized carbons (Fsp3) is 0.412. The van der Waals surface area contributed by atoms with E-state index in [0.717, 1.165) is 5.39 Å². The molecule has 2 aromatic rings. The van der Waals surface area contributed by atoms with E-state index in [1.165, 1.54) is 4.90 Å². The van der Waals surface area contributed by atoms with E-state index in [1.807, 2.05) is 18.2 Å². The van der Waals surface area contributed by atoms with Crippen LogP contribution in [-0.2, 0) is 14.6 Å². The van der Waals surface area contributed by atoms with Gasteiger partial charge in [0.05, 0.1) is 18.1 Å². The molecule has 0 unspecified atom stereocenters. The predicted octanol–water partition coefficient (Wildman–Crippen LogP) is 1.20. The van der Waals surface area contributed by atoms with Gasteiger partial charge in [0, 0.05) is 18.0 Å². The number of carbonyl (C=O) groups excluding carboxylic acids is 2. The van der Waals surface area contributed by atoms with Crippen LogP contribution in [0, 0.1) is 0 Å². The van der Waals surface area contributed by atoms with E-state index in [-0.39, 0.29) is 41.7 Å². The van der Waals surface area contributed by atoms with Crippen molar-refractivity contribution in [1.29, 1.82) is 0 Å². The molecule has 0 aliphatic carbocycles. The van der Waals surface area contributed by atoms with E-state index in [0.29, 0.717) is 18.5 Å². The summed E-state index contributed by atoms with van der Waals surface area (Å²) in [5, 5.41) is 3.51. The first-order valence-electron chi connectivity index (χ1n) is 8.15. The van der Waals surface area contributed by atoms with Crippen LogP contribution in [0.25, 0.3) is 11.0 Å². The Hall–Kier alpha value is -2.35. The predicted molar refractivity (Wildman–Crippen MR) is 93.0 cm³/mol. The molecule has 2 amide bonds. The minimum Gasteiger partial charge on any atom is -0.451 e. The fourth-order valence-electron chi connectivity index (χ4n) is 2.93. The molecule has 7 nitrogen and oxygen atoms in total. The Kier molecular flexibility index (Phi) is 4.80. The molecule has 0 bridgehead atoms. The maximum absolute atomic E-state index is 12.6. The molecule has 0 spiro atoms. The average Bonchev–Trinajstić information content (AvgIpc) is 3.14. The molecule has 1 fully saturated rings. The van der Waals surface area contributed by atoms with Gasteiger partial charge in [0.15, 0.2) is 15.6 Å². The summed E-state index contributed by atoms with van der Waals surface area (Å²) in [7, 11) is -3.06. The van der Waals surface area contributed by atoms with Crippen molar-refractivity contribution in [3.8, 4) is 0 Å². The average molecular weight is 364 g/mol. The third-order valence-corrected chi connectivity index (χ3v) is 6.01. The van der Waals surface area contributed by atoms with Crippen LogP contribution in [0.1, 0.15) is 23.9 Å². The zero-order chi connectivity index (χ0) is 18.0. The van der Waals surface area contributed by atoms with Crippen molar-refractivity contribution < 1.29 is 22.4 Å². The monoisotopic (exact) mass is 364 g/mol. The maximum atomic E-state index is 12.6. The van der Waals surface area contributed by atoms with Crippen molar-refractivity contribution in [1.82, 2.24) is 10.2 Å². The normalized spacial score (nSPS) is 19.0. The highest BCUT2D eigenvalue weighted by Crippen LogP contribution is 2.20. The molecule has 1 atom stereocenters. The molecule has 1 aromatic carbocycles. The SMILES string of the molecule is CCN(CC(=O)N[C@H]1CCS(=O)(=O)C1)C(=O)c1cc2ccccc2o1. The number of fused-ring (bicyclic) bond motifs is 1. The van der Waals surface area contributed by atoms with Crippen LogP contribution in [0.5, 0.6) is 0 Å². The highest BCUT2D eigenvalue weighted by Gasteiger charge is 2.29. The third-order valence-electron chi connectivity index (χ3n) is 4.24. The summed E-state index contributed by atoms with van der Waals surface area (Å²) in [6, 6.07) is 8.57. The Morgan fingerprint density at radius 3 is 2.72 bits per heavy atom. The molecular weight excluding hydrogens is 344 g/mol. The summed E-state index contributed by atoms with van der Waals surface area (Å²) in [6.07, 6.45) is 0.414. The van der Waals surface area contributed by atoms with Gasteiger partial charge in [-0.3, -0.25) is 9.59 Å². The van der Waals surface area contributed by atoms with Gasteiger partial charge in [-0.1, -0.05) is 18.2 Å². The van der Waals surface area contributed by atoms with Crippen LogP contribution >= 0.6 is 0 Å². The molecule has 1 aromatic heterocycles. The van der Waals surface area contributed by atoms with Crippen LogP contribution in [0.2, 0.25) is 0 Å². The zero-order valence-electron chi connectivity index (χ0n) is 13.9. The number of nitrogens with zero attached hydrogens (tertiary/aromatic N) is 1. The summed E-state index contributed by atoms with van der Waals surface area (Å²) in [5.41, 5.74) is 0.613. The van der Waals surface area contributed by atoms with E-state index in [9.17, 15) is 18.0 Å². The van der Waals surface area contributed by atoms with E-state index in [2.05, 4.69) is 5.32 Å². The maximum Gasteiger partial charge on any atom is 0.290 e. The number of nitrogens with one attached hydrogen (secondary N) is 1. The lowest BCUT2D eigenvalue weighted by atomic mass is 10.2. The van der Waals surface area contributed by atoms with Gasteiger partial charge in [-0.05, 0) is 25.5 Å². The van der Waals surface area contributed by atoms with Gasteiger partial charge in [-0.25, -0.2) is 8.42 Å². The van der Waals surface area contributed by atoms with Crippen LogP contribution in [-0.4, -0.2) is 55.8 Å². The summed E-state index contributed by atoms with van der Waals surface area (Å²) in [5.74, 6) is -0.504. The molecule has 1 saturated heterocycles. The molecule has 1 aliphatic rings. The minimum atomic E-state index is -3.06. The Bertz CT molecular complexity index is 870. The number of carbonyl (C=O) groups is 2. The van der Waals surface area contributed by atoms with Gasteiger partial charge in [0.1, 0.15) is 5.58 Å². The van der Waals surface area contributed by atoms with Gasteiger partial charge >= 0.3 is 0 Å². The van der Waals surface area contributed by atoms with Gasteiger partial charge in [-0.15, -0.1) is 0 Å². The second-order valence-electron chi connectivity index (χ2n) is 6.14. The lowest BCUT2D eigenvalue weighted by molar-refractivity contribution is -0.122. The molecule has 0 saturated carbocycles. The Morgan fingerprint density at radius 2 is 2.08 bits per heavy atom. The second kappa shape index (κ2) is 6.87. The Balaban J connectivity index is 1.65. The molecule has 134 valence electrons. The van der Waals surface area contributed by atoms with Crippen molar-refractivity contribution in [3.63, 3.8) is 0 Å². The molecule has 25 heavy (non-hydrogen) atoms. The van der Waals surface area contributed by atoms with Gasteiger partial charge < -0.3 is 14.6 Å². The Labute approximate surface area is 145 Å². The lowest BCUT2D eigenvalue weighted by Crippen LogP contribution is -2.44. The number of hydrogen-bond acceptors (Lipinski definition) is 5. The van der Waals surface area contributed by atoms with Crippen molar-refractivity contribution in [2.45, 2.75) is 19.4 Å². The minimum absolute atomic E-state index is 0.0393. The van der Waals surface area contributed by atoms with E-state index in [4.69, 9.17) is 4.42 Å². The highest BCUT2D eigenvalue weighted by atomic mass is 32.2. The highest BCUT2D eigenvalue weighted by molar-refractivity contribution is 7.91. The summed E-state index contributed by atoms with van der Waals surface area (Å²) >= 11 is 0. The number of rotatable bonds is 5. The van der Waals surface area contributed by atoms with E-state index >= 15 is 0 Å². The number of furan rings is 1. The van der Waals surface area contributed by atoms with Gasteiger partial charge in [0.25, 0.3) is 5.91 Å². The number of benzene rings is 1. The van der Waals surface area contributed by atoms with Crippen LogP contribution in [0.3, 0.4) is 0 Å². The quantitative estimate of drug-likeness (QED) is 0.860. The number of amides is 2. The van der Waals surface area contributed by atoms with Gasteiger partial charge in [-0.2, -0.15) is 0 Å². The van der Waals surface area contributed by atoms with Crippen molar-refractivity contribution >= 4 is 32.6 Å². The van der Waals surface area contributed by atoms with Crippen molar-refractivity contribution in [2.24, 2.45) is 0 Å². The molecule has 0 radical (unpaired) electrons. The third kappa shape index (κ3) is 4.01. The fourth-order valence-corrected chi connectivity index (χ4v) is 4.60. The number of hydrogen-bond donors (Lipinski definition) is 1. The number of likely N-dealkylation sites (N-methyl/N-ethyl adjacent to an activating group) is 1. The van der Waals surface area contributed by atoms with Crippen molar-refractivity contribution in [2.75, 3.05) is 24.6 Å². The molecule has 1 aliphatic heterocycles. The Morgan fingerprint density at radius 1 is 1.32 bits per heavy atom. The molecule has 1 N–H and O–H groups in total. The summed E-state index contributed by atoms with van der Waals surface area (Å²) in [6.45, 7) is 1.98. The first kappa shape index (κ1) is 17.5. The van der Waals surface area contributed by atoms with E-state index < -0.39 is 9.84 Å².